The monoisotopic (exact) mass is 314 g/mol. The summed E-state index contributed by atoms with van der Waals surface area (Å²) in [7, 11) is 1.56. The van der Waals surface area contributed by atoms with Crippen molar-refractivity contribution in [2.75, 3.05) is 20.3 Å². The second kappa shape index (κ2) is 6.92. The third-order valence-electron chi connectivity index (χ3n) is 4.48. The summed E-state index contributed by atoms with van der Waals surface area (Å²) in [6.45, 7) is 1.49. The van der Waals surface area contributed by atoms with E-state index in [1.54, 1.807) is 19.2 Å². The molecule has 2 aromatic rings. The first-order valence-corrected chi connectivity index (χ1v) is 7.87. The minimum absolute atomic E-state index is 0.162. The molecule has 0 aliphatic carbocycles. The summed E-state index contributed by atoms with van der Waals surface area (Å²) in [4.78, 5) is 0. The molecule has 2 N–H and O–H groups in total. The SMILES string of the molecule is COc1cc(C[C@H]2COC[C@@H]2Cc2cccc(O)c2)ccc1O. The Kier molecular flexibility index (Phi) is 4.72. The predicted octanol–water partition coefficient (Wildman–Crippen LogP) is 3.15. The topological polar surface area (TPSA) is 58.9 Å². The largest absolute Gasteiger partial charge is 0.508 e. The highest BCUT2D eigenvalue weighted by molar-refractivity contribution is 5.42. The molecule has 122 valence electrons. The standard InChI is InChI=1S/C19H22O4/c1-22-19-10-14(5-6-18(19)21)8-16-12-23-11-15(16)7-13-3-2-4-17(20)9-13/h2-6,9-10,15-16,20-21H,7-8,11-12H2,1H3/t15-,16-/m0/s1. The highest BCUT2D eigenvalue weighted by Gasteiger charge is 2.28. The fourth-order valence-electron chi connectivity index (χ4n) is 3.23. The van der Waals surface area contributed by atoms with Crippen LogP contribution in [0.2, 0.25) is 0 Å². The highest BCUT2D eigenvalue weighted by Crippen LogP contribution is 2.32. The first-order chi connectivity index (χ1) is 11.2. The van der Waals surface area contributed by atoms with Crippen LogP contribution in [-0.2, 0) is 17.6 Å². The van der Waals surface area contributed by atoms with Gasteiger partial charge in [-0.3, -0.25) is 0 Å². The molecular formula is C19H22O4. The number of phenolic OH excluding ortho intramolecular Hbond substituents is 2. The molecule has 0 radical (unpaired) electrons. The van der Waals surface area contributed by atoms with Crippen molar-refractivity contribution in [3.63, 3.8) is 0 Å². The molecular weight excluding hydrogens is 292 g/mol. The molecule has 1 aliphatic heterocycles. The molecule has 0 amide bonds. The molecule has 1 aliphatic rings. The van der Waals surface area contributed by atoms with Gasteiger partial charge >= 0.3 is 0 Å². The van der Waals surface area contributed by atoms with Gasteiger partial charge in [0.15, 0.2) is 11.5 Å². The van der Waals surface area contributed by atoms with E-state index in [9.17, 15) is 10.2 Å². The molecule has 23 heavy (non-hydrogen) atoms. The maximum atomic E-state index is 9.70. The number of hydrogen-bond acceptors (Lipinski definition) is 4. The van der Waals surface area contributed by atoms with Crippen LogP contribution in [0.25, 0.3) is 0 Å². The Balaban J connectivity index is 1.69. The summed E-state index contributed by atoms with van der Waals surface area (Å²) in [5.41, 5.74) is 2.27. The van der Waals surface area contributed by atoms with Crippen molar-refractivity contribution >= 4 is 0 Å². The van der Waals surface area contributed by atoms with Crippen molar-refractivity contribution in [3.8, 4) is 17.2 Å². The van der Waals surface area contributed by atoms with E-state index in [0.29, 0.717) is 23.3 Å². The number of ether oxygens (including phenoxy) is 2. The molecule has 1 fully saturated rings. The van der Waals surface area contributed by atoms with E-state index in [4.69, 9.17) is 9.47 Å². The molecule has 1 heterocycles. The van der Waals surface area contributed by atoms with Gasteiger partial charge in [0.1, 0.15) is 5.75 Å². The number of rotatable bonds is 5. The van der Waals surface area contributed by atoms with E-state index >= 15 is 0 Å². The quantitative estimate of drug-likeness (QED) is 0.890. The highest BCUT2D eigenvalue weighted by atomic mass is 16.5. The number of hydrogen-bond donors (Lipinski definition) is 2. The fourth-order valence-corrected chi connectivity index (χ4v) is 3.23. The van der Waals surface area contributed by atoms with Gasteiger partial charge in [-0.1, -0.05) is 18.2 Å². The van der Waals surface area contributed by atoms with Crippen LogP contribution in [0.3, 0.4) is 0 Å². The van der Waals surface area contributed by atoms with Crippen molar-refractivity contribution in [3.05, 3.63) is 53.6 Å². The number of benzene rings is 2. The molecule has 2 aromatic carbocycles. The van der Waals surface area contributed by atoms with Gasteiger partial charge in [0.05, 0.1) is 20.3 Å². The Morgan fingerprint density at radius 1 is 1.00 bits per heavy atom. The Morgan fingerprint density at radius 2 is 1.70 bits per heavy atom. The maximum Gasteiger partial charge on any atom is 0.160 e. The van der Waals surface area contributed by atoms with Crippen LogP contribution in [0.15, 0.2) is 42.5 Å². The Labute approximate surface area is 136 Å². The predicted molar refractivity (Wildman–Crippen MR) is 88.0 cm³/mol. The molecule has 4 nitrogen and oxygen atoms in total. The Morgan fingerprint density at radius 3 is 2.35 bits per heavy atom. The van der Waals surface area contributed by atoms with E-state index in [2.05, 4.69) is 0 Å². The van der Waals surface area contributed by atoms with Gasteiger partial charge in [0.25, 0.3) is 0 Å². The summed E-state index contributed by atoms with van der Waals surface area (Å²) in [5, 5.41) is 19.3. The van der Waals surface area contributed by atoms with Crippen molar-refractivity contribution in [2.45, 2.75) is 12.8 Å². The summed E-state index contributed by atoms with van der Waals surface area (Å²) in [5.74, 6) is 1.82. The number of phenols is 2. The zero-order chi connectivity index (χ0) is 16.2. The first-order valence-electron chi connectivity index (χ1n) is 7.87. The van der Waals surface area contributed by atoms with Gasteiger partial charge in [0.2, 0.25) is 0 Å². The van der Waals surface area contributed by atoms with E-state index < -0.39 is 0 Å². The molecule has 3 rings (SSSR count). The van der Waals surface area contributed by atoms with Gasteiger partial charge in [0, 0.05) is 0 Å². The Bertz CT molecular complexity index is 668. The number of aromatic hydroxyl groups is 2. The average Bonchev–Trinajstić information content (AvgIpc) is 2.96. The second-order valence-electron chi connectivity index (χ2n) is 6.14. The molecule has 2 atom stereocenters. The lowest BCUT2D eigenvalue weighted by Crippen LogP contribution is -2.17. The summed E-state index contributed by atoms with van der Waals surface area (Å²) in [6.07, 6.45) is 1.79. The summed E-state index contributed by atoms with van der Waals surface area (Å²) < 4.78 is 10.9. The smallest absolute Gasteiger partial charge is 0.160 e. The average molecular weight is 314 g/mol. The third-order valence-corrected chi connectivity index (χ3v) is 4.48. The van der Waals surface area contributed by atoms with Crippen LogP contribution in [-0.4, -0.2) is 30.5 Å². The summed E-state index contributed by atoms with van der Waals surface area (Å²) >= 11 is 0. The van der Waals surface area contributed by atoms with Gasteiger partial charge < -0.3 is 19.7 Å². The van der Waals surface area contributed by atoms with Crippen molar-refractivity contribution < 1.29 is 19.7 Å². The van der Waals surface area contributed by atoms with Crippen LogP contribution in [0.1, 0.15) is 11.1 Å². The Hall–Kier alpha value is -2.20. The molecule has 0 aromatic heterocycles. The molecule has 0 unspecified atom stereocenters. The maximum absolute atomic E-state index is 9.70. The van der Waals surface area contributed by atoms with Crippen LogP contribution in [0.5, 0.6) is 17.2 Å². The normalized spacial score (nSPS) is 20.6. The summed E-state index contributed by atoms with van der Waals surface area (Å²) in [6, 6.07) is 12.9. The van der Waals surface area contributed by atoms with Gasteiger partial charge in [-0.25, -0.2) is 0 Å². The molecule has 1 saturated heterocycles. The van der Waals surface area contributed by atoms with Crippen LogP contribution >= 0.6 is 0 Å². The van der Waals surface area contributed by atoms with Gasteiger partial charge in [-0.05, 0) is 60.1 Å². The molecule has 0 bridgehead atoms. The zero-order valence-corrected chi connectivity index (χ0v) is 13.2. The molecule has 4 heteroatoms. The van der Waals surface area contributed by atoms with Crippen LogP contribution in [0, 0.1) is 11.8 Å². The molecule has 0 saturated carbocycles. The minimum Gasteiger partial charge on any atom is -0.508 e. The van der Waals surface area contributed by atoms with Crippen LogP contribution in [0.4, 0.5) is 0 Å². The van der Waals surface area contributed by atoms with Crippen LogP contribution < -0.4 is 4.74 Å². The lowest BCUT2D eigenvalue weighted by atomic mass is 9.85. The van der Waals surface area contributed by atoms with Gasteiger partial charge in [-0.2, -0.15) is 0 Å². The fraction of sp³-hybridized carbons (Fsp3) is 0.368. The van der Waals surface area contributed by atoms with Gasteiger partial charge in [-0.15, -0.1) is 0 Å². The molecule has 0 spiro atoms. The number of methoxy groups -OCH3 is 1. The van der Waals surface area contributed by atoms with E-state index in [1.165, 1.54) is 0 Å². The van der Waals surface area contributed by atoms with Crippen molar-refractivity contribution in [1.29, 1.82) is 0 Å². The van der Waals surface area contributed by atoms with E-state index in [1.807, 2.05) is 30.3 Å². The van der Waals surface area contributed by atoms with Crippen molar-refractivity contribution in [1.82, 2.24) is 0 Å². The van der Waals surface area contributed by atoms with E-state index in [-0.39, 0.29) is 5.75 Å². The zero-order valence-electron chi connectivity index (χ0n) is 13.2. The third kappa shape index (κ3) is 3.77. The lowest BCUT2D eigenvalue weighted by molar-refractivity contribution is 0.180. The van der Waals surface area contributed by atoms with E-state index in [0.717, 1.165) is 37.2 Å². The lowest BCUT2D eigenvalue weighted by Gasteiger charge is -2.18. The minimum atomic E-state index is 0.162. The second-order valence-corrected chi connectivity index (χ2v) is 6.14. The van der Waals surface area contributed by atoms with Crippen molar-refractivity contribution in [2.24, 2.45) is 11.8 Å². The first kappa shape index (κ1) is 15.7.